The zero-order valence-electron chi connectivity index (χ0n) is 14.1. The van der Waals surface area contributed by atoms with Gasteiger partial charge in [0, 0.05) is 30.4 Å². The Bertz CT molecular complexity index is 519. The van der Waals surface area contributed by atoms with E-state index in [0.717, 1.165) is 16.6 Å². The van der Waals surface area contributed by atoms with Gasteiger partial charge in [-0.1, -0.05) is 35.0 Å². The van der Waals surface area contributed by atoms with Crippen LogP contribution in [0.4, 0.5) is 0 Å². The fourth-order valence-corrected chi connectivity index (χ4v) is 2.09. The zero-order valence-corrected chi connectivity index (χ0v) is 16.5. The van der Waals surface area contributed by atoms with E-state index >= 15 is 0 Å². The summed E-state index contributed by atoms with van der Waals surface area (Å²) in [5, 5.41) is 6.85. The lowest BCUT2D eigenvalue weighted by Gasteiger charge is -2.16. The fourth-order valence-electron chi connectivity index (χ4n) is 1.58. The average molecular weight is 401 g/mol. The summed E-state index contributed by atoms with van der Waals surface area (Å²) >= 11 is 5.21. The maximum absolute atomic E-state index is 11.7. The summed E-state index contributed by atoms with van der Waals surface area (Å²) in [7, 11) is 3.48. The first-order valence-corrected chi connectivity index (χ1v) is 9.50. The number of nitrogens with zero attached hydrogens (tertiary/aromatic N) is 2. The highest BCUT2D eigenvalue weighted by Gasteiger charge is 2.07. The van der Waals surface area contributed by atoms with Gasteiger partial charge in [0.25, 0.3) is 0 Å². The normalized spacial score (nSPS) is 12.7. The molecule has 0 bridgehead atoms. The number of rotatable bonds is 7. The van der Waals surface area contributed by atoms with Crippen LogP contribution in [0.25, 0.3) is 0 Å². The van der Waals surface area contributed by atoms with Crippen molar-refractivity contribution in [2.45, 2.75) is 18.7 Å². The van der Waals surface area contributed by atoms with E-state index in [-0.39, 0.29) is 12.5 Å². The van der Waals surface area contributed by atoms with Crippen molar-refractivity contribution in [3.05, 3.63) is 34.3 Å². The Morgan fingerprint density at radius 1 is 1.30 bits per heavy atom. The van der Waals surface area contributed by atoms with Gasteiger partial charge < -0.3 is 15.5 Å². The minimum absolute atomic E-state index is 0.0149. The third-order valence-electron chi connectivity index (χ3n) is 3.20. The lowest BCUT2D eigenvalue weighted by Crippen LogP contribution is -2.44. The summed E-state index contributed by atoms with van der Waals surface area (Å²) < 4.78 is 1.05. The van der Waals surface area contributed by atoms with Crippen LogP contribution in [-0.2, 0) is 11.3 Å². The molecule has 0 aliphatic rings. The molecule has 1 aromatic rings. The predicted molar refractivity (Wildman–Crippen MR) is 103 cm³/mol. The van der Waals surface area contributed by atoms with Crippen molar-refractivity contribution in [1.82, 2.24) is 15.5 Å². The monoisotopic (exact) mass is 400 g/mol. The molecule has 1 amide bonds. The molecule has 0 aliphatic carbocycles. The van der Waals surface area contributed by atoms with E-state index in [1.165, 1.54) is 0 Å². The number of benzene rings is 1. The van der Waals surface area contributed by atoms with Gasteiger partial charge in [-0.2, -0.15) is 11.8 Å². The van der Waals surface area contributed by atoms with Crippen LogP contribution >= 0.6 is 27.7 Å². The summed E-state index contributed by atoms with van der Waals surface area (Å²) in [5.41, 5.74) is 1.12. The molecule has 0 saturated heterocycles. The summed E-state index contributed by atoms with van der Waals surface area (Å²) in [6.07, 6.45) is 2.08. The molecule has 1 unspecified atom stereocenters. The Labute approximate surface area is 151 Å². The van der Waals surface area contributed by atoms with E-state index in [2.05, 4.69) is 44.7 Å². The highest BCUT2D eigenvalue weighted by Crippen LogP contribution is 2.11. The van der Waals surface area contributed by atoms with Crippen molar-refractivity contribution in [1.29, 1.82) is 0 Å². The lowest BCUT2D eigenvalue weighted by atomic mass is 10.2. The first-order chi connectivity index (χ1) is 10.9. The Hall–Kier alpha value is -1.21. The molecule has 0 saturated carbocycles. The standard InChI is InChI=1S/C16H25BrN4OS/c1-12(23-4)9-18-16(20-11-15(22)21(2)3)19-10-13-5-7-14(17)8-6-13/h5-8,12H,9-11H2,1-4H3,(H2,18,19,20). The maximum Gasteiger partial charge on any atom is 0.241 e. The molecule has 0 aliphatic heterocycles. The second-order valence-electron chi connectivity index (χ2n) is 5.36. The Kier molecular flexibility index (Phi) is 9.09. The van der Waals surface area contributed by atoms with Gasteiger partial charge in [-0.15, -0.1) is 0 Å². The lowest BCUT2D eigenvalue weighted by molar-refractivity contribution is -0.127. The first-order valence-electron chi connectivity index (χ1n) is 7.42. The number of amides is 1. The molecule has 7 heteroatoms. The summed E-state index contributed by atoms with van der Waals surface area (Å²) in [4.78, 5) is 17.8. The number of halogens is 1. The predicted octanol–water partition coefficient (Wildman–Crippen LogP) is 2.32. The van der Waals surface area contributed by atoms with Crippen LogP contribution in [-0.4, -0.2) is 55.5 Å². The van der Waals surface area contributed by atoms with Crippen molar-refractivity contribution >= 4 is 39.6 Å². The molecule has 1 aromatic carbocycles. The van der Waals surface area contributed by atoms with Crippen LogP contribution in [0.2, 0.25) is 0 Å². The van der Waals surface area contributed by atoms with Gasteiger partial charge in [0.05, 0.1) is 13.1 Å². The smallest absolute Gasteiger partial charge is 0.241 e. The van der Waals surface area contributed by atoms with Gasteiger partial charge in [0.15, 0.2) is 5.96 Å². The number of likely N-dealkylation sites (N-methyl/N-ethyl adjacent to an activating group) is 1. The number of nitrogens with one attached hydrogen (secondary N) is 2. The third kappa shape index (κ3) is 8.27. The Balaban J connectivity index is 2.66. The quantitative estimate of drug-likeness (QED) is 0.544. The van der Waals surface area contributed by atoms with Crippen LogP contribution in [0.5, 0.6) is 0 Å². The summed E-state index contributed by atoms with van der Waals surface area (Å²) in [6.45, 7) is 3.73. The molecular formula is C16H25BrN4OS. The fraction of sp³-hybridized carbons (Fsp3) is 0.500. The van der Waals surface area contributed by atoms with Crippen LogP contribution in [0.1, 0.15) is 12.5 Å². The van der Waals surface area contributed by atoms with E-state index in [4.69, 9.17) is 0 Å². The molecule has 1 atom stereocenters. The maximum atomic E-state index is 11.7. The molecule has 128 valence electrons. The van der Waals surface area contributed by atoms with Crippen LogP contribution in [0.15, 0.2) is 33.7 Å². The molecular weight excluding hydrogens is 376 g/mol. The van der Waals surface area contributed by atoms with Crippen LogP contribution in [0, 0.1) is 0 Å². The van der Waals surface area contributed by atoms with Gasteiger partial charge >= 0.3 is 0 Å². The number of carbonyl (C=O) groups excluding carboxylic acids is 1. The van der Waals surface area contributed by atoms with Crippen LogP contribution < -0.4 is 10.6 Å². The number of guanidine groups is 1. The van der Waals surface area contributed by atoms with Crippen molar-refractivity contribution in [2.24, 2.45) is 4.99 Å². The topological polar surface area (TPSA) is 56.7 Å². The highest BCUT2D eigenvalue weighted by atomic mass is 79.9. The first kappa shape index (κ1) is 19.8. The van der Waals surface area contributed by atoms with Gasteiger partial charge in [-0.3, -0.25) is 4.79 Å². The minimum Gasteiger partial charge on any atom is -0.355 e. The minimum atomic E-state index is 0.0149. The van der Waals surface area contributed by atoms with E-state index in [9.17, 15) is 4.79 Å². The molecule has 2 N–H and O–H groups in total. The number of thioether (sulfide) groups is 1. The molecule has 23 heavy (non-hydrogen) atoms. The van der Waals surface area contributed by atoms with E-state index in [1.807, 2.05) is 24.3 Å². The van der Waals surface area contributed by atoms with Gasteiger partial charge in [0.2, 0.25) is 5.91 Å². The third-order valence-corrected chi connectivity index (χ3v) is 4.70. The number of carbonyl (C=O) groups is 1. The number of aliphatic imine (C=N–C) groups is 1. The highest BCUT2D eigenvalue weighted by molar-refractivity contribution is 9.10. The van der Waals surface area contributed by atoms with E-state index in [1.54, 1.807) is 30.8 Å². The second kappa shape index (κ2) is 10.5. The molecule has 0 heterocycles. The molecule has 0 spiro atoms. The molecule has 0 aromatic heterocycles. The van der Waals surface area contributed by atoms with Crippen LogP contribution in [0.3, 0.4) is 0 Å². The van der Waals surface area contributed by atoms with Crippen molar-refractivity contribution in [3.63, 3.8) is 0 Å². The Morgan fingerprint density at radius 2 is 1.96 bits per heavy atom. The van der Waals surface area contributed by atoms with Gasteiger partial charge in [-0.05, 0) is 24.0 Å². The van der Waals surface area contributed by atoms with E-state index in [0.29, 0.717) is 17.8 Å². The van der Waals surface area contributed by atoms with Crippen molar-refractivity contribution < 1.29 is 4.79 Å². The second-order valence-corrected chi connectivity index (χ2v) is 7.55. The van der Waals surface area contributed by atoms with Crippen molar-refractivity contribution in [2.75, 3.05) is 33.4 Å². The molecule has 0 radical (unpaired) electrons. The largest absolute Gasteiger partial charge is 0.355 e. The van der Waals surface area contributed by atoms with Gasteiger partial charge in [-0.25, -0.2) is 4.99 Å². The summed E-state index contributed by atoms with van der Waals surface area (Å²) in [6, 6.07) is 8.05. The SMILES string of the molecule is CSC(C)CNC(=NCc1ccc(Br)cc1)NCC(=O)N(C)C. The molecule has 1 rings (SSSR count). The molecule has 5 nitrogen and oxygen atoms in total. The zero-order chi connectivity index (χ0) is 17.2. The Morgan fingerprint density at radius 3 is 2.52 bits per heavy atom. The number of hydrogen-bond acceptors (Lipinski definition) is 3. The van der Waals surface area contributed by atoms with E-state index < -0.39 is 0 Å². The molecule has 0 fully saturated rings. The van der Waals surface area contributed by atoms with Gasteiger partial charge in [0.1, 0.15) is 0 Å². The average Bonchev–Trinajstić information content (AvgIpc) is 2.54. The number of hydrogen-bond donors (Lipinski definition) is 2. The van der Waals surface area contributed by atoms with Crippen molar-refractivity contribution in [3.8, 4) is 0 Å². The summed E-state index contributed by atoms with van der Waals surface area (Å²) in [5.74, 6) is 0.671.